The summed E-state index contributed by atoms with van der Waals surface area (Å²) in [4.78, 5) is 26.5. The number of carbonyl (C=O) groups excluding carboxylic acids is 2. The van der Waals surface area contributed by atoms with Gasteiger partial charge in [-0.05, 0) is 61.4 Å². The number of amides is 2. The van der Waals surface area contributed by atoms with Crippen molar-refractivity contribution in [2.75, 3.05) is 19.7 Å². The summed E-state index contributed by atoms with van der Waals surface area (Å²) in [6.45, 7) is 7.81. The highest BCUT2D eigenvalue weighted by atomic mass is 16.5. The number of ether oxygens (including phenoxy) is 1. The van der Waals surface area contributed by atoms with Gasteiger partial charge >= 0.3 is 0 Å². The first kappa shape index (κ1) is 18.5. The summed E-state index contributed by atoms with van der Waals surface area (Å²) in [5, 5.41) is 2.82. The first-order valence-electron chi connectivity index (χ1n) is 9.57. The molecule has 2 unspecified atom stereocenters. The van der Waals surface area contributed by atoms with E-state index in [1.165, 1.54) is 6.08 Å². The van der Waals surface area contributed by atoms with Gasteiger partial charge in [-0.25, -0.2) is 0 Å². The molecule has 5 heteroatoms. The number of nitrogens with zero attached hydrogens (tertiary/aromatic N) is 1. The normalized spacial score (nSPS) is 21.7. The van der Waals surface area contributed by atoms with Gasteiger partial charge in [-0.3, -0.25) is 9.59 Å². The Hall–Kier alpha value is -2.30. The van der Waals surface area contributed by atoms with Crippen LogP contribution in [-0.4, -0.2) is 42.5 Å². The van der Waals surface area contributed by atoms with Crippen LogP contribution in [0, 0.1) is 5.92 Å². The van der Waals surface area contributed by atoms with Gasteiger partial charge in [0.15, 0.2) is 0 Å². The molecular weight excluding hydrogens is 328 g/mol. The maximum atomic E-state index is 13.1. The van der Waals surface area contributed by atoms with Crippen LogP contribution in [0.1, 0.15) is 48.5 Å². The topological polar surface area (TPSA) is 58.6 Å². The van der Waals surface area contributed by atoms with Crippen molar-refractivity contribution in [3.05, 3.63) is 42.0 Å². The molecule has 5 nitrogen and oxygen atoms in total. The van der Waals surface area contributed by atoms with Crippen LogP contribution in [0.4, 0.5) is 0 Å². The molecule has 0 saturated carbocycles. The maximum Gasteiger partial charge on any atom is 0.254 e. The van der Waals surface area contributed by atoms with Gasteiger partial charge in [0.25, 0.3) is 5.91 Å². The number of likely N-dealkylation sites (tertiary alicyclic amines) is 1. The van der Waals surface area contributed by atoms with Crippen molar-refractivity contribution < 1.29 is 14.3 Å². The molecule has 1 saturated heterocycles. The van der Waals surface area contributed by atoms with Crippen LogP contribution in [0.3, 0.4) is 0 Å². The number of nitrogens with one attached hydrogen (secondary N) is 1. The Morgan fingerprint density at radius 3 is 3.08 bits per heavy atom. The van der Waals surface area contributed by atoms with Crippen LogP contribution in [0.25, 0.3) is 0 Å². The molecule has 0 spiro atoms. The minimum atomic E-state index is -0.144. The van der Waals surface area contributed by atoms with Crippen LogP contribution in [0.5, 0.6) is 5.75 Å². The molecule has 1 fully saturated rings. The molecule has 2 aliphatic heterocycles. The minimum absolute atomic E-state index is 0.117. The van der Waals surface area contributed by atoms with Gasteiger partial charge in [-0.15, -0.1) is 0 Å². The van der Waals surface area contributed by atoms with E-state index in [0.29, 0.717) is 19.1 Å². The van der Waals surface area contributed by atoms with E-state index >= 15 is 0 Å². The zero-order valence-electron chi connectivity index (χ0n) is 15.5. The summed E-state index contributed by atoms with van der Waals surface area (Å²) in [5.41, 5.74) is 1.89. The van der Waals surface area contributed by atoms with Gasteiger partial charge in [0.05, 0.1) is 6.61 Å². The molecule has 0 aromatic heterocycles. The average molecular weight is 356 g/mol. The summed E-state index contributed by atoms with van der Waals surface area (Å²) < 4.78 is 5.54. The van der Waals surface area contributed by atoms with E-state index < -0.39 is 0 Å². The maximum absolute atomic E-state index is 13.1. The molecule has 140 valence electrons. The van der Waals surface area contributed by atoms with Gasteiger partial charge in [0.1, 0.15) is 5.75 Å². The van der Waals surface area contributed by atoms with E-state index in [1.54, 1.807) is 0 Å². The largest absolute Gasteiger partial charge is 0.493 e. The highest BCUT2D eigenvalue weighted by Gasteiger charge is 2.32. The lowest BCUT2D eigenvalue weighted by molar-refractivity contribution is -0.116. The fourth-order valence-electron chi connectivity index (χ4n) is 4.02. The van der Waals surface area contributed by atoms with Crippen molar-refractivity contribution in [3.8, 4) is 5.75 Å². The summed E-state index contributed by atoms with van der Waals surface area (Å²) in [6.07, 6.45) is 6.11. The molecular formula is C21H28N2O3. The molecule has 2 amide bonds. The Bertz CT molecular complexity index is 686. The van der Waals surface area contributed by atoms with E-state index in [0.717, 1.165) is 55.5 Å². The molecule has 2 aliphatic rings. The molecule has 0 aliphatic carbocycles. The molecule has 26 heavy (non-hydrogen) atoms. The summed E-state index contributed by atoms with van der Waals surface area (Å²) in [5.74, 6) is 1.35. The predicted octanol–water partition coefficient (Wildman–Crippen LogP) is 2.94. The highest BCUT2D eigenvalue weighted by molar-refractivity contribution is 5.95. The van der Waals surface area contributed by atoms with Gasteiger partial charge in [-0.1, -0.05) is 13.5 Å². The number of benzene rings is 1. The number of rotatable bonds is 6. The Balaban J connectivity index is 1.66. The highest BCUT2D eigenvalue weighted by Crippen LogP contribution is 2.30. The van der Waals surface area contributed by atoms with E-state index in [2.05, 4.69) is 18.8 Å². The van der Waals surface area contributed by atoms with Crippen molar-refractivity contribution in [3.63, 3.8) is 0 Å². The Kier molecular flexibility index (Phi) is 5.96. The quantitative estimate of drug-likeness (QED) is 0.630. The second-order valence-electron chi connectivity index (χ2n) is 7.24. The average Bonchev–Trinajstić information content (AvgIpc) is 3.13. The monoisotopic (exact) mass is 356 g/mol. The first-order valence-corrected chi connectivity index (χ1v) is 9.57. The van der Waals surface area contributed by atoms with E-state index in [9.17, 15) is 9.59 Å². The van der Waals surface area contributed by atoms with Crippen LogP contribution >= 0.6 is 0 Å². The SMILES string of the molecule is C=CC(=O)NCCCC1C(C)CCCN1C(=O)c1ccc2c(c1)CCO2. The zero-order chi connectivity index (χ0) is 18.5. The molecule has 2 atom stereocenters. The van der Waals surface area contributed by atoms with Crippen molar-refractivity contribution in [2.24, 2.45) is 5.92 Å². The van der Waals surface area contributed by atoms with Crippen molar-refractivity contribution in [1.29, 1.82) is 0 Å². The third-order valence-electron chi connectivity index (χ3n) is 5.47. The van der Waals surface area contributed by atoms with Crippen LogP contribution in [0.2, 0.25) is 0 Å². The fourth-order valence-corrected chi connectivity index (χ4v) is 4.02. The van der Waals surface area contributed by atoms with E-state index in [4.69, 9.17) is 4.74 Å². The van der Waals surface area contributed by atoms with Gasteiger partial charge < -0.3 is 15.0 Å². The number of piperidine rings is 1. The summed E-state index contributed by atoms with van der Waals surface area (Å²) in [7, 11) is 0. The van der Waals surface area contributed by atoms with Crippen LogP contribution < -0.4 is 10.1 Å². The van der Waals surface area contributed by atoms with Crippen molar-refractivity contribution in [2.45, 2.75) is 45.1 Å². The molecule has 1 N–H and O–H groups in total. The Morgan fingerprint density at radius 1 is 1.42 bits per heavy atom. The second-order valence-corrected chi connectivity index (χ2v) is 7.24. The molecule has 0 radical (unpaired) electrons. The van der Waals surface area contributed by atoms with Crippen LogP contribution in [0.15, 0.2) is 30.9 Å². The molecule has 1 aromatic carbocycles. The number of hydrogen-bond acceptors (Lipinski definition) is 3. The lowest BCUT2D eigenvalue weighted by atomic mass is 9.87. The summed E-state index contributed by atoms with van der Waals surface area (Å²) in [6, 6.07) is 6.02. The van der Waals surface area contributed by atoms with Gasteiger partial charge in [0.2, 0.25) is 5.91 Å². The third-order valence-corrected chi connectivity index (χ3v) is 5.47. The molecule has 2 heterocycles. The zero-order valence-corrected chi connectivity index (χ0v) is 15.5. The molecule has 1 aromatic rings. The fraction of sp³-hybridized carbons (Fsp3) is 0.524. The number of hydrogen-bond donors (Lipinski definition) is 1. The third kappa shape index (κ3) is 4.09. The predicted molar refractivity (Wildman–Crippen MR) is 101 cm³/mol. The van der Waals surface area contributed by atoms with E-state index in [-0.39, 0.29) is 17.9 Å². The van der Waals surface area contributed by atoms with Gasteiger partial charge in [-0.2, -0.15) is 0 Å². The Labute approximate surface area is 155 Å². The summed E-state index contributed by atoms with van der Waals surface area (Å²) >= 11 is 0. The molecule has 3 rings (SSSR count). The second kappa shape index (κ2) is 8.39. The molecule has 0 bridgehead atoms. The minimum Gasteiger partial charge on any atom is -0.493 e. The van der Waals surface area contributed by atoms with Crippen LogP contribution in [-0.2, 0) is 11.2 Å². The number of fused-ring (bicyclic) bond motifs is 1. The smallest absolute Gasteiger partial charge is 0.254 e. The Morgan fingerprint density at radius 2 is 2.27 bits per heavy atom. The van der Waals surface area contributed by atoms with Gasteiger partial charge in [0, 0.05) is 31.1 Å². The lowest BCUT2D eigenvalue weighted by Crippen LogP contribution is -2.48. The standard InChI is InChI=1S/C21H28N2O3/c1-3-20(24)22-11-4-7-18-15(2)6-5-12-23(18)21(25)17-8-9-19-16(14-17)10-13-26-19/h3,8-9,14-15,18H,1,4-7,10-13H2,2H3,(H,22,24). The van der Waals surface area contributed by atoms with E-state index in [1.807, 2.05) is 23.1 Å². The van der Waals surface area contributed by atoms with Crippen molar-refractivity contribution >= 4 is 11.8 Å². The van der Waals surface area contributed by atoms with Crippen molar-refractivity contribution in [1.82, 2.24) is 10.2 Å². The number of carbonyl (C=O) groups is 2. The lowest BCUT2D eigenvalue weighted by Gasteiger charge is -2.40. The first-order chi connectivity index (χ1) is 12.6.